The summed E-state index contributed by atoms with van der Waals surface area (Å²) in [5, 5.41) is 13.1. The molecule has 7 nitrogen and oxygen atoms in total. The first-order valence-electron chi connectivity index (χ1n) is 8.57. The Bertz CT molecular complexity index is 609. The van der Waals surface area contributed by atoms with Crippen molar-refractivity contribution in [3.05, 3.63) is 18.0 Å². The highest BCUT2D eigenvalue weighted by Gasteiger charge is 2.47. The fraction of sp³-hybridized carbons (Fsp3) is 0.706. The molecule has 24 heavy (non-hydrogen) atoms. The Morgan fingerprint density at radius 2 is 2.21 bits per heavy atom. The molecule has 1 amide bonds. The molecule has 3 rings (SSSR count). The number of piperidine rings is 1. The maximum absolute atomic E-state index is 13.0. The summed E-state index contributed by atoms with van der Waals surface area (Å²) in [5.74, 6) is -0.564. The van der Waals surface area contributed by atoms with Gasteiger partial charge in [0.1, 0.15) is 6.54 Å². The topological polar surface area (TPSA) is 84.7 Å². The highest BCUT2D eigenvalue weighted by molar-refractivity contribution is 5.84. The summed E-state index contributed by atoms with van der Waals surface area (Å²) in [4.78, 5) is 25.9. The van der Waals surface area contributed by atoms with Gasteiger partial charge in [-0.3, -0.25) is 14.3 Å². The lowest BCUT2D eigenvalue weighted by atomic mass is 9.68. The average molecular weight is 335 g/mol. The first-order valence-corrected chi connectivity index (χ1v) is 8.57. The normalized spacial score (nSPS) is 22.9. The van der Waals surface area contributed by atoms with Crippen molar-refractivity contribution < 1.29 is 19.4 Å². The van der Waals surface area contributed by atoms with Crippen molar-refractivity contribution in [1.29, 1.82) is 0 Å². The predicted octanol–water partition coefficient (Wildman–Crippen LogP) is 1.49. The molecule has 2 heterocycles. The van der Waals surface area contributed by atoms with E-state index >= 15 is 0 Å². The van der Waals surface area contributed by atoms with E-state index in [0.29, 0.717) is 13.2 Å². The Hall–Kier alpha value is -1.89. The number of aromatic nitrogens is 2. The summed E-state index contributed by atoms with van der Waals surface area (Å²) in [6, 6.07) is 1.87. The second-order valence-electron chi connectivity index (χ2n) is 6.96. The number of hydrogen-bond donors (Lipinski definition) is 1. The molecule has 1 unspecified atom stereocenters. The molecule has 132 valence electrons. The van der Waals surface area contributed by atoms with E-state index in [9.17, 15) is 9.59 Å². The molecule has 7 heteroatoms. The molecule has 0 radical (unpaired) electrons. The standard InChI is InChI=1S/C17H25N3O4/c1-24-12-17(6-3-7-17)16(23)19-9-2-4-13(10-19)14-5-8-18-20(14)11-15(21)22/h5,8,13H,2-4,6-7,9-12H2,1H3,(H,21,22). The van der Waals surface area contributed by atoms with Gasteiger partial charge in [-0.15, -0.1) is 0 Å². The van der Waals surface area contributed by atoms with Gasteiger partial charge in [0.05, 0.1) is 12.0 Å². The molecule has 1 aromatic heterocycles. The van der Waals surface area contributed by atoms with Crippen LogP contribution in [0.3, 0.4) is 0 Å². The molecule has 0 spiro atoms. The number of ether oxygens (including phenoxy) is 1. The van der Waals surface area contributed by atoms with Crippen LogP contribution >= 0.6 is 0 Å². The van der Waals surface area contributed by atoms with Crippen LogP contribution in [0.15, 0.2) is 12.3 Å². The van der Waals surface area contributed by atoms with Crippen LogP contribution < -0.4 is 0 Å². The minimum absolute atomic E-state index is 0.139. The van der Waals surface area contributed by atoms with E-state index in [-0.39, 0.29) is 23.8 Å². The van der Waals surface area contributed by atoms with Crippen molar-refractivity contribution >= 4 is 11.9 Å². The van der Waals surface area contributed by atoms with Crippen molar-refractivity contribution in [3.8, 4) is 0 Å². The smallest absolute Gasteiger partial charge is 0.325 e. The third kappa shape index (κ3) is 3.17. The third-order valence-corrected chi connectivity index (χ3v) is 5.35. The number of carbonyl (C=O) groups is 2. The maximum Gasteiger partial charge on any atom is 0.325 e. The van der Waals surface area contributed by atoms with Gasteiger partial charge < -0.3 is 14.7 Å². The van der Waals surface area contributed by atoms with Gasteiger partial charge in [-0.25, -0.2) is 0 Å². The Morgan fingerprint density at radius 3 is 2.83 bits per heavy atom. The number of likely N-dealkylation sites (tertiary alicyclic amines) is 1. The van der Waals surface area contributed by atoms with Crippen molar-refractivity contribution in [3.63, 3.8) is 0 Å². The predicted molar refractivity (Wildman–Crippen MR) is 86.6 cm³/mol. The van der Waals surface area contributed by atoms with E-state index in [1.807, 2.05) is 11.0 Å². The molecule has 1 aliphatic carbocycles. The molecular formula is C17H25N3O4. The number of nitrogens with zero attached hydrogens (tertiary/aromatic N) is 3. The highest BCUT2D eigenvalue weighted by Crippen LogP contribution is 2.43. The summed E-state index contributed by atoms with van der Waals surface area (Å²) in [6.07, 6.45) is 6.40. The van der Waals surface area contributed by atoms with E-state index in [1.165, 1.54) is 4.68 Å². The number of carbonyl (C=O) groups excluding carboxylic acids is 1. The van der Waals surface area contributed by atoms with Crippen LogP contribution in [-0.2, 0) is 20.9 Å². The Kier molecular flexibility index (Phi) is 4.89. The van der Waals surface area contributed by atoms with Gasteiger partial charge in [0.25, 0.3) is 0 Å². The molecular weight excluding hydrogens is 310 g/mol. The average Bonchev–Trinajstić information content (AvgIpc) is 2.97. The highest BCUT2D eigenvalue weighted by atomic mass is 16.5. The zero-order chi connectivity index (χ0) is 17.2. The van der Waals surface area contributed by atoms with E-state index in [2.05, 4.69) is 5.10 Å². The molecule has 0 bridgehead atoms. The van der Waals surface area contributed by atoms with Crippen LogP contribution in [0, 0.1) is 5.41 Å². The molecule has 1 N–H and O–H groups in total. The lowest BCUT2D eigenvalue weighted by Gasteiger charge is -2.45. The number of carboxylic acid groups (broad SMARTS) is 1. The van der Waals surface area contributed by atoms with Crippen molar-refractivity contribution in [2.45, 2.75) is 44.6 Å². The molecule has 2 aliphatic rings. The number of hydrogen-bond acceptors (Lipinski definition) is 4. The van der Waals surface area contributed by atoms with Gasteiger partial charge in [0, 0.05) is 38.0 Å². The summed E-state index contributed by atoms with van der Waals surface area (Å²) in [5.41, 5.74) is 0.571. The first kappa shape index (κ1) is 17.0. The van der Waals surface area contributed by atoms with Gasteiger partial charge in [-0.1, -0.05) is 6.42 Å². The zero-order valence-corrected chi connectivity index (χ0v) is 14.1. The third-order valence-electron chi connectivity index (χ3n) is 5.35. The largest absolute Gasteiger partial charge is 0.480 e. The second kappa shape index (κ2) is 6.93. The van der Waals surface area contributed by atoms with Crippen molar-refractivity contribution in [1.82, 2.24) is 14.7 Å². The maximum atomic E-state index is 13.0. The number of amides is 1. The molecule has 0 aromatic carbocycles. The Morgan fingerprint density at radius 1 is 1.42 bits per heavy atom. The monoisotopic (exact) mass is 335 g/mol. The van der Waals surface area contributed by atoms with Crippen molar-refractivity contribution in [2.24, 2.45) is 5.41 Å². The Labute approximate surface area is 141 Å². The lowest BCUT2D eigenvalue weighted by molar-refractivity contribution is -0.153. The minimum atomic E-state index is -0.905. The fourth-order valence-corrected chi connectivity index (χ4v) is 3.99. The molecule has 1 atom stereocenters. The van der Waals surface area contributed by atoms with Crippen LogP contribution in [0.4, 0.5) is 0 Å². The van der Waals surface area contributed by atoms with Crippen molar-refractivity contribution in [2.75, 3.05) is 26.8 Å². The van der Waals surface area contributed by atoms with Crippen LogP contribution in [0.5, 0.6) is 0 Å². The van der Waals surface area contributed by atoms with Crippen LogP contribution in [-0.4, -0.2) is 58.5 Å². The lowest BCUT2D eigenvalue weighted by Crippen LogP contribution is -2.52. The molecule has 2 fully saturated rings. The fourth-order valence-electron chi connectivity index (χ4n) is 3.99. The van der Waals surface area contributed by atoms with E-state index in [0.717, 1.165) is 44.3 Å². The van der Waals surface area contributed by atoms with Crippen LogP contribution in [0.2, 0.25) is 0 Å². The van der Waals surface area contributed by atoms with Crippen LogP contribution in [0.25, 0.3) is 0 Å². The quantitative estimate of drug-likeness (QED) is 0.851. The van der Waals surface area contributed by atoms with Gasteiger partial charge >= 0.3 is 5.97 Å². The SMILES string of the molecule is COCC1(C(=O)N2CCCC(c3ccnn3CC(=O)O)C2)CCC1. The minimum Gasteiger partial charge on any atom is -0.480 e. The Balaban J connectivity index is 1.72. The second-order valence-corrected chi connectivity index (χ2v) is 6.96. The summed E-state index contributed by atoms with van der Waals surface area (Å²) in [7, 11) is 1.65. The van der Waals surface area contributed by atoms with E-state index < -0.39 is 5.97 Å². The molecule has 1 saturated heterocycles. The van der Waals surface area contributed by atoms with Gasteiger partial charge in [-0.2, -0.15) is 5.10 Å². The summed E-state index contributed by atoms with van der Waals surface area (Å²) in [6.45, 7) is 1.76. The van der Waals surface area contributed by atoms with Crippen LogP contribution in [0.1, 0.15) is 43.7 Å². The first-order chi connectivity index (χ1) is 11.6. The van der Waals surface area contributed by atoms with Gasteiger partial charge in [0.2, 0.25) is 5.91 Å². The number of carboxylic acids is 1. The molecule has 1 aromatic rings. The van der Waals surface area contributed by atoms with Gasteiger partial charge in [0.15, 0.2) is 0 Å². The number of rotatable bonds is 6. The summed E-state index contributed by atoms with van der Waals surface area (Å²) < 4.78 is 6.83. The zero-order valence-electron chi connectivity index (χ0n) is 14.1. The van der Waals surface area contributed by atoms with E-state index in [4.69, 9.17) is 9.84 Å². The molecule has 1 saturated carbocycles. The van der Waals surface area contributed by atoms with E-state index in [1.54, 1.807) is 13.3 Å². The number of methoxy groups -OCH3 is 1. The number of aliphatic carboxylic acids is 1. The molecule has 1 aliphatic heterocycles. The summed E-state index contributed by atoms with van der Waals surface area (Å²) >= 11 is 0. The van der Waals surface area contributed by atoms with Gasteiger partial charge in [-0.05, 0) is 31.7 Å².